The van der Waals surface area contributed by atoms with E-state index < -0.39 is 5.54 Å². The molecule has 0 heterocycles. The summed E-state index contributed by atoms with van der Waals surface area (Å²) in [6.07, 6.45) is 0. The highest BCUT2D eigenvalue weighted by atomic mass is 35.5. The van der Waals surface area contributed by atoms with E-state index in [4.69, 9.17) is 11.6 Å². The van der Waals surface area contributed by atoms with Gasteiger partial charge in [0.25, 0.3) is 5.91 Å². The Labute approximate surface area is 147 Å². The first-order chi connectivity index (χ1) is 11.2. The molecular weight excluding hydrogens is 328 g/mol. The van der Waals surface area contributed by atoms with Gasteiger partial charge in [0.2, 0.25) is 5.91 Å². The van der Waals surface area contributed by atoms with Crippen LogP contribution in [-0.4, -0.2) is 30.4 Å². The normalized spacial score (nSPS) is 12.9. The zero-order chi connectivity index (χ0) is 18.3. The van der Waals surface area contributed by atoms with E-state index in [2.05, 4.69) is 22.0 Å². The lowest BCUT2D eigenvalue weighted by molar-refractivity contribution is -0.121. The van der Waals surface area contributed by atoms with Crippen molar-refractivity contribution in [3.05, 3.63) is 28.8 Å². The van der Waals surface area contributed by atoms with Crippen LogP contribution in [0.4, 0.5) is 5.69 Å². The van der Waals surface area contributed by atoms with Crippen molar-refractivity contribution < 1.29 is 9.59 Å². The largest absolute Gasteiger partial charge is 0.375 e. The number of nitrogens with zero attached hydrogens (tertiary/aromatic N) is 1. The maximum absolute atomic E-state index is 12.1. The van der Waals surface area contributed by atoms with Crippen LogP contribution in [0.1, 0.15) is 38.1 Å². The molecule has 130 valence electrons. The van der Waals surface area contributed by atoms with Crippen molar-refractivity contribution in [1.29, 1.82) is 5.26 Å². The van der Waals surface area contributed by atoms with Crippen LogP contribution in [0.2, 0.25) is 5.02 Å². The molecule has 6 nitrogen and oxygen atoms in total. The number of carbonyl (C=O) groups is 2. The summed E-state index contributed by atoms with van der Waals surface area (Å²) in [5.74, 6) is -0.626. The highest BCUT2D eigenvalue weighted by Gasteiger charge is 2.29. The fourth-order valence-corrected chi connectivity index (χ4v) is 2.10. The zero-order valence-electron chi connectivity index (χ0n) is 14.4. The Morgan fingerprint density at radius 1 is 1.38 bits per heavy atom. The van der Waals surface area contributed by atoms with Gasteiger partial charge in [0.05, 0.1) is 18.2 Å². The number of anilines is 1. The van der Waals surface area contributed by atoms with Crippen molar-refractivity contribution in [2.75, 3.05) is 18.4 Å². The predicted molar refractivity (Wildman–Crippen MR) is 94.9 cm³/mol. The third-order valence-corrected chi connectivity index (χ3v) is 4.02. The van der Waals surface area contributed by atoms with Crippen LogP contribution >= 0.6 is 11.6 Å². The average Bonchev–Trinajstić information content (AvgIpc) is 2.52. The molecule has 0 bridgehead atoms. The number of hydrogen-bond acceptors (Lipinski definition) is 4. The van der Waals surface area contributed by atoms with Gasteiger partial charge in [0, 0.05) is 17.3 Å². The summed E-state index contributed by atoms with van der Waals surface area (Å²) < 4.78 is 0. The Kier molecular flexibility index (Phi) is 7.05. The second-order valence-electron chi connectivity index (χ2n) is 5.92. The number of nitriles is 1. The van der Waals surface area contributed by atoms with E-state index in [0.29, 0.717) is 22.8 Å². The molecule has 7 heteroatoms. The molecule has 0 aliphatic rings. The quantitative estimate of drug-likeness (QED) is 0.704. The van der Waals surface area contributed by atoms with Gasteiger partial charge in [-0.2, -0.15) is 5.26 Å². The Balaban J connectivity index is 2.84. The highest BCUT2D eigenvalue weighted by molar-refractivity contribution is 6.31. The molecule has 24 heavy (non-hydrogen) atoms. The maximum atomic E-state index is 12.1. The number of halogens is 1. The molecule has 1 aromatic carbocycles. The Morgan fingerprint density at radius 2 is 2.04 bits per heavy atom. The van der Waals surface area contributed by atoms with Crippen molar-refractivity contribution in [3.8, 4) is 6.07 Å². The molecule has 1 rings (SSSR count). The van der Waals surface area contributed by atoms with E-state index in [1.54, 1.807) is 25.1 Å². The van der Waals surface area contributed by atoms with Gasteiger partial charge < -0.3 is 16.0 Å². The zero-order valence-corrected chi connectivity index (χ0v) is 15.1. The minimum Gasteiger partial charge on any atom is -0.375 e. The van der Waals surface area contributed by atoms with Crippen LogP contribution in [-0.2, 0) is 4.79 Å². The van der Waals surface area contributed by atoms with Gasteiger partial charge in [-0.25, -0.2) is 0 Å². The van der Waals surface area contributed by atoms with Crippen molar-refractivity contribution in [3.63, 3.8) is 0 Å². The van der Waals surface area contributed by atoms with Crippen molar-refractivity contribution >= 4 is 29.1 Å². The summed E-state index contributed by atoms with van der Waals surface area (Å²) in [4.78, 5) is 24.2. The molecule has 3 N–H and O–H groups in total. The van der Waals surface area contributed by atoms with Gasteiger partial charge in [-0.1, -0.05) is 25.4 Å². The molecule has 0 spiro atoms. The Morgan fingerprint density at radius 3 is 2.58 bits per heavy atom. The molecule has 0 fully saturated rings. The number of nitrogens with one attached hydrogen (secondary N) is 3. The van der Waals surface area contributed by atoms with Gasteiger partial charge in [-0.3, -0.25) is 9.59 Å². The van der Waals surface area contributed by atoms with E-state index in [9.17, 15) is 14.9 Å². The monoisotopic (exact) mass is 350 g/mol. The second kappa shape index (κ2) is 8.55. The molecule has 2 amide bonds. The number of hydrogen-bond donors (Lipinski definition) is 3. The fraction of sp³-hybridized carbons (Fsp3) is 0.471. The summed E-state index contributed by atoms with van der Waals surface area (Å²) >= 11 is 5.97. The SMILES string of the molecule is CCNC(=O)c1ccc(Cl)cc1NCC(=O)N[C@@](C)(C#N)C(C)C. The van der Waals surface area contributed by atoms with Crippen molar-refractivity contribution in [2.24, 2.45) is 5.92 Å². The smallest absolute Gasteiger partial charge is 0.253 e. The van der Waals surface area contributed by atoms with Gasteiger partial charge in [0.15, 0.2) is 0 Å². The number of benzene rings is 1. The first-order valence-corrected chi connectivity index (χ1v) is 8.15. The van der Waals surface area contributed by atoms with Crippen LogP contribution in [0.25, 0.3) is 0 Å². The van der Waals surface area contributed by atoms with Crippen molar-refractivity contribution in [1.82, 2.24) is 10.6 Å². The van der Waals surface area contributed by atoms with E-state index in [0.717, 1.165) is 0 Å². The summed E-state index contributed by atoms with van der Waals surface area (Å²) in [6, 6.07) is 6.92. The Hall–Kier alpha value is -2.26. The van der Waals surface area contributed by atoms with E-state index in [1.165, 1.54) is 0 Å². The minimum absolute atomic E-state index is 0.0384. The van der Waals surface area contributed by atoms with Gasteiger partial charge >= 0.3 is 0 Å². The summed E-state index contributed by atoms with van der Waals surface area (Å²) in [5, 5.41) is 18.0. The fourth-order valence-electron chi connectivity index (χ4n) is 1.93. The van der Waals surface area contributed by atoms with E-state index in [-0.39, 0.29) is 24.3 Å². The average molecular weight is 351 g/mol. The predicted octanol–water partition coefficient (Wildman–Crippen LogP) is 2.56. The standard InChI is InChI=1S/C17H23ClN4O2/c1-5-20-16(24)13-7-6-12(18)8-14(13)21-9-15(23)22-17(4,10-19)11(2)3/h6-8,11,21H,5,9H2,1-4H3,(H,20,24)(H,22,23)/t17-/m0/s1. The molecular formula is C17H23ClN4O2. The number of carbonyl (C=O) groups excluding carboxylic acids is 2. The van der Waals surface area contributed by atoms with Crippen LogP contribution in [0.15, 0.2) is 18.2 Å². The van der Waals surface area contributed by atoms with Crippen LogP contribution < -0.4 is 16.0 Å². The van der Waals surface area contributed by atoms with Gasteiger partial charge in [0.1, 0.15) is 5.54 Å². The Bertz CT molecular complexity index is 654. The summed E-state index contributed by atoms with van der Waals surface area (Å²) in [7, 11) is 0. The molecule has 0 aliphatic carbocycles. The molecule has 1 aromatic rings. The topological polar surface area (TPSA) is 94.0 Å². The molecule has 0 saturated carbocycles. The van der Waals surface area contributed by atoms with E-state index >= 15 is 0 Å². The van der Waals surface area contributed by atoms with Gasteiger partial charge in [-0.05, 0) is 38.0 Å². The lowest BCUT2D eigenvalue weighted by Gasteiger charge is -2.27. The van der Waals surface area contributed by atoms with Crippen molar-refractivity contribution in [2.45, 2.75) is 33.2 Å². The van der Waals surface area contributed by atoms with Crippen LogP contribution in [0.3, 0.4) is 0 Å². The number of rotatable bonds is 7. The van der Waals surface area contributed by atoms with E-state index in [1.807, 2.05) is 20.8 Å². The molecule has 0 aliphatic heterocycles. The molecule has 1 atom stereocenters. The van der Waals surface area contributed by atoms with Crippen LogP contribution in [0, 0.1) is 17.2 Å². The molecule has 0 radical (unpaired) electrons. The molecule has 0 unspecified atom stereocenters. The summed E-state index contributed by atoms with van der Waals surface area (Å²) in [5.41, 5.74) is -0.0806. The molecule has 0 saturated heterocycles. The first-order valence-electron chi connectivity index (χ1n) is 7.77. The number of amides is 2. The maximum Gasteiger partial charge on any atom is 0.253 e. The minimum atomic E-state index is -0.949. The highest BCUT2D eigenvalue weighted by Crippen LogP contribution is 2.21. The van der Waals surface area contributed by atoms with Gasteiger partial charge in [-0.15, -0.1) is 0 Å². The lowest BCUT2D eigenvalue weighted by atomic mass is 9.90. The third-order valence-electron chi connectivity index (χ3n) is 3.79. The third kappa shape index (κ3) is 5.14. The first kappa shape index (κ1) is 19.8. The second-order valence-corrected chi connectivity index (χ2v) is 6.36. The van der Waals surface area contributed by atoms with Crippen LogP contribution in [0.5, 0.6) is 0 Å². The summed E-state index contributed by atoms with van der Waals surface area (Å²) in [6.45, 7) is 7.65. The lowest BCUT2D eigenvalue weighted by Crippen LogP contribution is -2.50. The molecule has 0 aromatic heterocycles.